The van der Waals surface area contributed by atoms with Gasteiger partial charge in [0.2, 0.25) is 11.8 Å². The van der Waals surface area contributed by atoms with Gasteiger partial charge in [0.15, 0.2) is 0 Å². The van der Waals surface area contributed by atoms with E-state index < -0.39 is 0 Å². The zero-order valence-corrected chi connectivity index (χ0v) is 18.3. The van der Waals surface area contributed by atoms with Crippen LogP contribution in [0.15, 0.2) is 48.5 Å². The Kier molecular flexibility index (Phi) is 9.19. The number of ether oxygens (including phenoxy) is 2. The van der Waals surface area contributed by atoms with Crippen molar-refractivity contribution in [3.8, 4) is 11.5 Å². The molecule has 6 nitrogen and oxygen atoms in total. The maximum Gasteiger partial charge on any atom is 0.222 e. The molecule has 162 valence electrons. The molecule has 1 atom stereocenters. The van der Waals surface area contributed by atoms with E-state index >= 15 is 0 Å². The van der Waals surface area contributed by atoms with Crippen LogP contribution in [0.4, 0.5) is 0 Å². The summed E-state index contributed by atoms with van der Waals surface area (Å²) < 4.78 is 10.3. The molecule has 2 amide bonds. The highest BCUT2D eigenvalue weighted by molar-refractivity contribution is 5.77. The van der Waals surface area contributed by atoms with E-state index in [9.17, 15) is 9.59 Å². The molecule has 30 heavy (non-hydrogen) atoms. The molecule has 0 fully saturated rings. The Labute approximate surface area is 179 Å². The lowest BCUT2D eigenvalue weighted by molar-refractivity contribution is -0.132. The monoisotopic (exact) mass is 412 g/mol. The van der Waals surface area contributed by atoms with Gasteiger partial charge in [0.05, 0.1) is 14.2 Å². The largest absolute Gasteiger partial charge is 0.497 e. The first-order valence-corrected chi connectivity index (χ1v) is 10.2. The Morgan fingerprint density at radius 1 is 0.867 bits per heavy atom. The molecule has 0 aromatic heterocycles. The number of benzene rings is 2. The van der Waals surface area contributed by atoms with Gasteiger partial charge in [-0.05, 0) is 55.2 Å². The number of nitrogens with zero attached hydrogens (tertiary/aromatic N) is 1. The molecule has 1 N–H and O–H groups in total. The zero-order valence-electron chi connectivity index (χ0n) is 18.3. The summed E-state index contributed by atoms with van der Waals surface area (Å²) in [6, 6.07) is 15.4. The molecular formula is C24H32N2O4. The number of nitrogens with one attached hydrogen (secondary N) is 1. The van der Waals surface area contributed by atoms with Gasteiger partial charge in [-0.15, -0.1) is 0 Å². The van der Waals surface area contributed by atoms with Crippen LogP contribution in [0.5, 0.6) is 11.5 Å². The van der Waals surface area contributed by atoms with Crippen molar-refractivity contribution < 1.29 is 19.1 Å². The third-order valence-electron chi connectivity index (χ3n) is 5.24. The summed E-state index contributed by atoms with van der Waals surface area (Å²) in [4.78, 5) is 26.3. The highest BCUT2D eigenvalue weighted by atomic mass is 16.5. The van der Waals surface area contributed by atoms with E-state index in [1.165, 1.54) is 0 Å². The molecule has 2 aromatic carbocycles. The van der Waals surface area contributed by atoms with Crippen LogP contribution >= 0.6 is 0 Å². The van der Waals surface area contributed by atoms with Crippen molar-refractivity contribution in [1.29, 1.82) is 0 Å². The Bertz CT molecular complexity index is 803. The SMILES string of the molecule is COc1ccc(CCC(=O)NC[C@H](C)N(C)C(=O)CCc2ccc(OC)cc2)cc1. The van der Waals surface area contributed by atoms with E-state index in [-0.39, 0.29) is 17.9 Å². The summed E-state index contributed by atoms with van der Waals surface area (Å²) in [7, 11) is 5.04. The first kappa shape index (κ1) is 23.3. The van der Waals surface area contributed by atoms with E-state index in [4.69, 9.17) is 9.47 Å². The molecule has 2 rings (SSSR count). The van der Waals surface area contributed by atoms with Gasteiger partial charge in [-0.1, -0.05) is 24.3 Å². The maximum atomic E-state index is 12.5. The Balaban J connectivity index is 1.69. The number of carbonyl (C=O) groups excluding carboxylic acids is 2. The number of hydrogen-bond acceptors (Lipinski definition) is 4. The fourth-order valence-electron chi connectivity index (χ4n) is 3.00. The van der Waals surface area contributed by atoms with Gasteiger partial charge in [-0.3, -0.25) is 9.59 Å². The molecule has 0 spiro atoms. The fraction of sp³-hybridized carbons (Fsp3) is 0.417. The van der Waals surface area contributed by atoms with Gasteiger partial charge in [0.25, 0.3) is 0 Å². The maximum absolute atomic E-state index is 12.5. The standard InChI is InChI=1S/C24H32N2O4/c1-18(17-25-23(27)15-9-19-5-11-21(29-3)12-6-19)26(2)24(28)16-10-20-7-13-22(30-4)14-8-20/h5-8,11-14,18H,9-10,15-17H2,1-4H3,(H,25,27)/t18-/m0/s1. The molecule has 6 heteroatoms. The van der Waals surface area contributed by atoms with E-state index in [1.807, 2.05) is 55.5 Å². The van der Waals surface area contributed by atoms with Crippen LogP contribution in [0.25, 0.3) is 0 Å². The van der Waals surface area contributed by atoms with Crippen LogP contribution in [0.3, 0.4) is 0 Å². The topological polar surface area (TPSA) is 67.9 Å². The minimum absolute atomic E-state index is 0.0169. The van der Waals surface area contributed by atoms with Crippen LogP contribution in [0.1, 0.15) is 30.9 Å². The summed E-state index contributed by atoms with van der Waals surface area (Å²) in [6.07, 6.45) is 2.18. The molecule has 0 bridgehead atoms. The molecule has 0 saturated carbocycles. The summed E-state index contributed by atoms with van der Waals surface area (Å²) in [5.74, 6) is 1.65. The van der Waals surface area contributed by atoms with Crippen molar-refractivity contribution in [3.05, 3.63) is 59.7 Å². The van der Waals surface area contributed by atoms with Crippen molar-refractivity contribution in [3.63, 3.8) is 0 Å². The third kappa shape index (κ3) is 7.43. The Hall–Kier alpha value is -3.02. The molecule has 0 aliphatic carbocycles. The van der Waals surface area contributed by atoms with Gasteiger partial charge in [-0.25, -0.2) is 0 Å². The number of aryl methyl sites for hydroxylation is 2. The third-order valence-corrected chi connectivity index (χ3v) is 5.24. The number of rotatable bonds is 11. The van der Waals surface area contributed by atoms with Gasteiger partial charge in [-0.2, -0.15) is 0 Å². The van der Waals surface area contributed by atoms with Crippen LogP contribution in [0.2, 0.25) is 0 Å². The van der Waals surface area contributed by atoms with Crippen LogP contribution in [-0.2, 0) is 22.4 Å². The van der Waals surface area contributed by atoms with Crippen molar-refractivity contribution in [1.82, 2.24) is 10.2 Å². The predicted molar refractivity (Wildman–Crippen MR) is 118 cm³/mol. The lowest BCUT2D eigenvalue weighted by Crippen LogP contribution is -2.43. The zero-order chi connectivity index (χ0) is 21.9. The molecule has 0 radical (unpaired) electrons. The summed E-state index contributed by atoms with van der Waals surface area (Å²) in [5, 5.41) is 2.93. The first-order valence-electron chi connectivity index (χ1n) is 10.2. The summed E-state index contributed by atoms with van der Waals surface area (Å²) >= 11 is 0. The van der Waals surface area contributed by atoms with E-state index in [1.54, 1.807) is 26.2 Å². The van der Waals surface area contributed by atoms with Crippen molar-refractivity contribution in [2.24, 2.45) is 0 Å². The second-order valence-corrected chi connectivity index (χ2v) is 7.35. The number of methoxy groups -OCH3 is 2. The van der Waals surface area contributed by atoms with E-state index in [2.05, 4.69) is 5.32 Å². The van der Waals surface area contributed by atoms with Crippen LogP contribution in [-0.4, -0.2) is 50.6 Å². The van der Waals surface area contributed by atoms with Crippen LogP contribution in [0, 0.1) is 0 Å². The Morgan fingerprint density at radius 3 is 1.80 bits per heavy atom. The first-order chi connectivity index (χ1) is 14.4. The Morgan fingerprint density at radius 2 is 1.33 bits per heavy atom. The highest BCUT2D eigenvalue weighted by Gasteiger charge is 2.16. The van der Waals surface area contributed by atoms with Crippen LogP contribution < -0.4 is 14.8 Å². The molecule has 0 aliphatic rings. The smallest absolute Gasteiger partial charge is 0.222 e. The van der Waals surface area contributed by atoms with Gasteiger partial charge in [0.1, 0.15) is 11.5 Å². The lowest BCUT2D eigenvalue weighted by atomic mass is 10.1. The normalized spacial score (nSPS) is 11.5. The van der Waals surface area contributed by atoms with E-state index in [0.29, 0.717) is 32.2 Å². The van der Waals surface area contributed by atoms with Crippen molar-refractivity contribution in [2.75, 3.05) is 27.8 Å². The number of likely N-dealkylation sites (N-methyl/N-ethyl adjacent to an activating group) is 1. The number of amides is 2. The average molecular weight is 413 g/mol. The molecule has 0 unspecified atom stereocenters. The van der Waals surface area contributed by atoms with Crippen molar-refractivity contribution in [2.45, 2.75) is 38.6 Å². The van der Waals surface area contributed by atoms with Gasteiger partial charge < -0.3 is 19.7 Å². The summed E-state index contributed by atoms with van der Waals surface area (Å²) in [6.45, 7) is 2.38. The second kappa shape index (κ2) is 11.9. The second-order valence-electron chi connectivity index (χ2n) is 7.35. The molecule has 0 saturated heterocycles. The van der Waals surface area contributed by atoms with E-state index in [0.717, 1.165) is 22.6 Å². The molecule has 2 aromatic rings. The summed E-state index contributed by atoms with van der Waals surface area (Å²) in [5.41, 5.74) is 2.18. The minimum atomic E-state index is -0.0710. The van der Waals surface area contributed by atoms with Gasteiger partial charge >= 0.3 is 0 Å². The molecule has 0 heterocycles. The number of carbonyl (C=O) groups is 2. The predicted octanol–water partition coefficient (Wildman–Crippen LogP) is 3.23. The average Bonchev–Trinajstić information content (AvgIpc) is 2.79. The fourth-order valence-corrected chi connectivity index (χ4v) is 3.00. The van der Waals surface area contributed by atoms with Gasteiger partial charge in [0, 0.05) is 32.5 Å². The minimum Gasteiger partial charge on any atom is -0.497 e. The lowest BCUT2D eigenvalue weighted by Gasteiger charge is -2.25. The molecular weight excluding hydrogens is 380 g/mol. The quantitative estimate of drug-likeness (QED) is 0.615. The van der Waals surface area contributed by atoms with Crippen molar-refractivity contribution >= 4 is 11.8 Å². The molecule has 0 aliphatic heterocycles. The number of hydrogen-bond donors (Lipinski definition) is 1. The highest BCUT2D eigenvalue weighted by Crippen LogP contribution is 2.14.